The number of esters is 2. The predicted molar refractivity (Wildman–Crippen MR) is 119 cm³/mol. The zero-order valence-corrected chi connectivity index (χ0v) is 20.6. The van der Waals surface area contributed by atoms with Crippen LogP contribution in [0.15, 0.2) is 0 Å². The quantitative estimate of drug-likeness (QED) is 0.511. The maximum absolute atomic E-state index is 12.8. The molecule has 2 aliphatic rings. The van der Waals surface area contributed by atoms with E-state index in [1.54, 1.807) is 9.80 Å². The third kappa shape index (κ3) is 6.43. The van der Waals surface area contributed by atoms with Gasteiger partial charge in [0.1, 0.15) is 12.1 Å². The fourth-order valence-corrected chi connectivity index (χ4v) is 4.73. The Kier molecular flexibility index (Phi) is 8.31. The monoisotopic (exact) mass is 453 g/mol. The third-order valence-electron chi connectivity index (χ3n) is 6.44. The molecule has 0 saturated carbocycles. The van der Waals surface area contributed by atoms with Crippen molar-refractivity contribution in [3.05, 3.63) is 0 Å². The Morgan fingerprint density at radius 2 is 1.12 bits per heavy atom. The summed E-state index contributed by atoms with van der Waals surface area (Å²) in [6, 6.07) is -1.08. The Labute approximate surface area is 191 Å². The van der Waals surface area contributed by atoms with Crippen LogP contribution in [0, 0.1) is 10.8 Å². The lowest BCUT2D eigenvalue weighted by Crippen LogP contribution is -2.43. The van der Waals surface area contributed by atoms with E-state index in [0.29, 0.717) is 39.0 Å². The largest absolute Gasteiger partial charge is 0.467 e. The highest BCUT2D eigenvalue weighted by molar-refractivity contribution is 5.86. The molecule has 2 saturated heterocycles. The molecule has 0 aromatic carbocycles. The zero-order chi connectivity index (χ0) is 24.3. The molecule has 0 radical (unpaired) electrons. The highest BCUT2D eigenvalue weighted by Crippen LogP contribution is 2.35. The van der Waals surface area contributed by atoms with Crippen molar-refractivity contribution in [2.45, 2.75) is 65.5 Å². The number of rotatable bonds is 8. The van der Waals surface area contributed by atoms with Crippen LogP contribution in [0.3, 0.4) is 0 Å². The van der Waals surface area contributed by atoms with E-state index >= 15 is 0 Å². The van der Waals surface area contributed by atoms with E-state index in [1.165, 1.54) is 14.2 Å². The van der Waals surface area contributed by atoms with Gasteiger partial charge in [0.2, 0.25) is 11.8 Å². The smallest absolute Gasteiger partial charge is 0.328 e. The van der Waals surface area contributed by atoms with E-state index < -0.39 is 12.1 Å². The van der Waals surface area contributed by atoms with Crippen LogP contribution in [0.2, 0.25) is 0 Å². The molecule has 0 spiro atoms. The van der Waals surface area contributed by atoms with Gasteiger partial charge in [-0.25, -0.2) is 9.59 Å². The average Bonchev–Trinajstić information content (AvgIpc) is 3.24. The summed E-state index contributed by atoms with van der Waals surface area (Å²) >= 11 is 0. The highest BCUT2D eigenvalue weighted by Gasteiger charge is 2.45. The lowest BCUT2D eigenvalue weighted by Gasteiger charge is -2.26. The van der Waals surface area contributed by atoms with E-state index in [9.17, 15) is 19.2 Å². The van der Waals surface area contributed by atoms with Crippen molar-refractivity contribution >= 4 is 23.8 Å². The van der Waals surface area contributed by atoms with Gasteiger partial charge in [-0.2, -0.15) is 0 Å². The van der Waals surface area contributed by atoms with Gasteiger partial charge < -0.3 is 24.2 Å². The van der Waals surface area contributed by atoms with Crippen molar-refractivity contribution in [2.75, 3.05) is 47.4 Å². The first kappa shape index (κ1) is 26.1. The van der Waals surface area contributed by atoms with E-state index in [-0.39, 0.29) is 47.4 Å². The number of methoxy groups -OCH3 is 2. The van der Waals surface area contributed by atoms with E-state index in [1.807, 2.05) is 39.6 Å². The summed E-state index contributed by atoms with van der Waals surface area (Å²) in [6.07, 6.45) is 1.69. The maximum atomic E-state index is 12.8. The van der Waals surface area contributed by atoms with Gasteiger partial charge in [-0.15, -0.1) is 0 Å². The molecular weight excluding hydrogens is 414 g/mol. The first-order chi connectivity index (χ1) is 14.8. The second-order valence-electron chi connectivity index (χ2n) is 10.7. The van der Waals surface area contributed by atoms with Crippen LogP contribution in [0.5, 0.6) is 0 Å². The summed E-state index contributed by atoms with van der Waals surface area (Å²) < 4.78 is 9.75. The van der Waals surface area contributed by atoms with Crippen LogP contribution < -0.4 is 0 Å². The SMILES string of the molecule is COC(=O)C1CC(C)(C)CN1C(=O)CCN(C)CCC(=O)N1CC(C)(C)CC1C(=O)OC. The van der Waals surface area contributed by atoms with E-state index in [2.05, 4.69) is 0 Å². The number of likely N-dealkylation sites (tertiary alicyclic amines) is 2. The van der Waals surface area contributed by atoms with Crippen LogP contribution in [-0.2, 0) is 28.7 Å². The van der Waals surface area contributed by atoms with Gasteiger partial charge in [-0.3, -0.25) is 9.59 Å². The molecule has 2 fully saturated rings. The van der Waals surface area contributed by atoms with Crippen LogP contribution in [0.25, 0.3) is 0 Å². The zero-order valence-electron chi connectivity index (χ0n) is 20.6. The molecule has 2 rings (SSSR count). The molecule has 2 atom stereocenters. The molecule has 0 N–H and O–H groups in total. The number of carbonyl (C=O) groups is 4. The molecule has 0 bridgehead atoms. The molecule has 2 amide bonds. The van der Waals surface area contributed by atoms with Crippen LogP contribution in [0.4, 0.5) is 0 Å². The molecule has 0 aliphatic carbocycles. The molecule has 32 heavy (non-hydrogen) atoms. The topological polar surface area (TPSA) is 96.5 Å². The molecule has 0 aromatic rings. The number of carbonyl (C=O) groups excluding carboxylic acids is 4. The van der Waals surface area contributed by atoms with Gasteiger partial charge in [-0.05, 0) is 30.7 Å². The molecule has 0 aromatic heterocycles. The van der Waals surface area contributed by atoms with Crippen LogP contribution >= 0.6 is 0 Å². The van der Waals surface area contributed by atoms with Crippen molar-refractivity contribution in [1.29, 1.82) is 0 Å². The minimum atomic E-state index is -0.539. The average molecular weight is 454 g/mol. The van der Waals surface area contributed by atoms with Gasteiger partial charge in [0.15, 0.2) is 0 Å². The first-order valence-corrected chi connectivity index (χ1v) is 11.2. The van der Waals surface area contributed by atoms with Crippen molar-refractivity contribution in [2.24, 2.45) is 10.8 Å². The fourth-order valence-electron chi connectivity index (χ4n) is 4.73. The standard InChI is InChI=1S/C23H39N3O6/c1-22(2)12-16(20(29)31-6)25(14-22)18(27)8-10-24(5)11-9-19(28)26-15-23(3,4)13-17(26)21(30)32-7/h16-17H,8-15H2,1-7H3. The lowest BCUT2D eigenvalue weighted by atomic mass is 9.91. The Morgan fingerprint density at radius 3 is 1.44 bits per heavy atom. The summed E-state index contributed by atoms with van der Waals surface area (Å²) in [5, 5.41) is 0. The number of hydrogen-bond donors (Lipinski definition) is 0. The van der Waals surface area contributed by atoms with E-state index in [0.717, 1.165) is 0 Å². The molecule has 2 heterocycles. The summed E-state index contributed by atoms with van der Waals surface area (Å²) in [4.78, 5) is 55.0. The number of amides is 2. The molecule has 9 nitrogen and oxygen atoms in total. The second kappa shape index (κ2) is 10.2. The van der Waals surface area contributed by atoms with Gasteiger partial charge in [0, 0.05) is 39.0 Å². The summed E-state index contributed by atoms with van der Waals surface area (Å²) in [5.74, 6) is -0.930. The minimum Gasteiger partial charge on any atom is -0.467 e. The van der Waals surface area contributed by atoms with E-state index in [4.69, 9.17) is 9.47 Å². The lowest BCUT2D eigenvalue weighted by molar-refractivity contribution is -0.151. The Bertz CT molecular complexity index is 675. The highest BCUT2D eigenvalue weighted by atomic mass is 16.5. The van der Waals surface area contributed by atoms with Gasteiger partial charge in [-0.1, -0.05) is 27.7 Å². The number of nitrogens with zero attached hydrogens (tertiary/aromatic N) is 3. The summed E-state index contributed by atoms with van der Waals surface area (Å²) in [5.41, 5.74) is -0.265. The minimum absolute atomic E-state index is 0.0869. The second-order valence-corrected chi connectivity index (χ2v) is 10.7. The maximum Gasteiger partial charge on any atom is 0.328 e. The van der Waals surface area contributed by atoms with Crippen molar-refractivity contribution < 1.29 is 28.7 Å². The molecular formula is C23H39N3O6. The van der Waals surface area contributed by atoms with Crippen molar-refractivity contribution in [3.63, 3.8) is 0 Å². The number of hydrogen-bond acceptors (Lipinski definition) is 7. The van der Waals surface area contributed by atoms with Gasteiger partial charge in [0.05, 0.1) is 14.2 Å². The first-order valence-electron chi connectivity index (χ1n) is 11.2. The molecule has 9 heteroatoms. The van der Waals surface area contributed by atoms with Gasteiger partial charge >= 0.3 is 11.9 Å². The predicted octanol–water partition coefficient (Wildman–Crippen LogP) is 1.30. The number of ether oxygens (including phenoxy) is 2. The van der Waals surface area contributed by atoms with Crippen molar-refractivity contribution in [1.82, 2.24) is 14.7 Å². The van der Waals surface area contributed by atoms with Crippen LogP contribution in [0.1, 0.15) is 53.4 Å². The Balaban J connectivity index is 1.85. The molecule has 2 aliphatic heterocycles. The Morgan fingerprint density at radius 1 is 0.781 bits per heavy atom. The fraction of sp³-hybridized carbons (Fsp3) is 0.826. The Hall–Kier alpha value is -2.16. The molecule has 2 unspecified atom stereocenters. The summed E-state index contributed by atoms with van der Waals surface area (Å²) in [7, 11) is 4.54. The van der Waals surface area contributed by atoms with Crippen molar-refractivity contribution in [3.8, 4) is 0 Å². The third-order valence-corrected chi connectivity index (χ3v) is 6.44. The normalized spacial score (nSPS) is 24.0. The summed E-state index contributed by atoms with van der Waals surface area (Å²) in [6.45, 7) is 10.1. The van der Waals surface area contributed by atoms with Gasteiger partial charge in [0.25, 0.3) is 0 Å². The van der Waals surface area contributed by atoms with Crippen LogP contribution in [-0.4, -0.2) is 98.0 Å². The molecule has 182 valence electrons.